The van der Waals surface area contributed by atoms with E-state index in [-0.39, 0.29) is 30.0 Å². The molecule has 1 unspecified atom stereocenters. The van der Waals surface area contributed by atoms with Crippen molar-refractivity contribution in [2.75, 3.05) is 13.1 Å². The molecule has 1 saturated heterocycles. The van der Waals surface area contributed by atoms with Crippen molar-refractivity contribution in [3.63, 3.8) is 0 Å². The summed E-state index contributed by atoms with van der Waals surface area (Å²) in [5, 5.41) is 11.1. The number of likely N-dealkylation sites (tertiary alicyclic amines) is 1. The standard InChI is InChI=1S/C14H19N3O3.ClH/c1-2-10-5-6-11(8-13(10)17(19)20)14(18)16-7-3-4-12(16)9-15;/h5-6,8,12H,2-4,7,9,15H2,1H3;1H. The normalized spacial score (nSPS) is 17.4. The van der Waals surface area contributed by atoms with Crippen LogP contribution < -0.4 is 5.73 Å². The van der Waals surface area contributed by atoms with Gasteiger partial charge in [-0.15, -0.1) is 12.4 Å². The fourth-order valence-electron chi connectivity index (χ4n) is 2.68. The van der Waals surface area contributed by atoms with Crippen LogP contribution in [0, 0.1) is 10.1 Å². The smallest absolute Gasteiger partial charge is 0.273 e. The Morgan fingerprint density at radius 2 is 2.24 bits per heavy atom. The largest absolute Gasteiger partial charge is 0.334 e. The Bertz CT molecular complexity index is 536. The summed E-state index contributed by atoms with van der Waals surface area (Å²) in [6, 6.07) is 4.76. The second-order valence-electron chi connectivity index (χ2n) is 4.98. The van der Waals surface area contributed by atoms with Crippen LogP contribution in [-0.4, -0.2) is 34.9 Å². The molecule has 1 aromatic carbocycles. The number of halogens is 1. The zero-order valence-electron chi connectivity index (χ0n) is 11.9. The Balaban J connectivity index is 0.00000220. The van der Waals surface area contributed by atoms with Crippen molar-refractivity contribution in [1.29, 1.82) is 0 Å². The molecule has 0 aliphatic carbocycles. The van der Waals surface area contributed by atoms with E-state index < -0.39 is 4.92 Å². The molecule has 0 aromatic heterocycles. The molecule has 0 bridgehead atoms. The molecule has 116 valence electrons. The molecule has 0 saturated carbocycles. The zero-order chi connectivity index (χ0) is 14.7. The zero-order valence-corrected chi connectivity index (χ0v) is 12.8. The van der Waals surface area contributed by atoms with Crippen LogP contribution in [-0.2, 0) is 6.42 Å². The fraction of sp³-hybridized carbons (Fsp3) is 0.500. The van der Waals surface area contributed by atoms with Gasteiger partial charge in [-0.2, -0.15) is 0 Å². The third-order valence-electron chi connectivity index (χ3n) is 3.82. The third-order valence-corrected chi connectivity index (χ3v) is 3.82. The highest BCUT2D eigenvalue weighted by Crippen LogP contribution is 2.24. The first-order chi connectivity index (χ1) is 9.58. The van der Waals surface area contributed by atoms with Crippen molar-refractivity contribution in [3.8, 4) is 0 Å². The van der Waals surface area contributed by atoms with Gasteiger partial charge in [0.1, 0.15) is 0 Å². The van der Waals surface area contributed by atoms with Gasteiger partial charge in [-0.3, -0.25) is 14.9 Å². The van der Waals surface area contributed by atoms with E-state index in [4.69, 9.17) is 5.73 Å². The predicted molar refractivity (Wildman–Crippen MR) is 82.8 cm³/mol. The number of nitrogens with two attached hydrogens (primary N) is 1. The molecule has 1 aromatic rings. The second kappa shape index (κ2) is 7.38. The lowest BCUT2D eigenvalue weighted by Gasteiger charge is -2.23. The summed E-state index contributed by atoms with van der Waals surface area (Å²) in [4.78, 5) is 24.8. The molecule has 1 atom stereocenters. The lowest BCUT2D eigenvalue weighted by molar-refractivity contribution is -0.385. The van der Waals surface area contributed by atoms with Crippen LogP contribution in [0.15, 0.2) is 18.2 Å². The van der Waals surface area contributed by atoms with Gasteiger partial charge in [-0.1, -0.05) is 13.0 Å². The molecule has 21 heavy (non-hydrogen) atoms. The summed E-state index contributed by atoms with van der Waals surface area (Å²) in [5.41, 5.74) is 6.69. The number of nitro benzene ring substituents is 1. The Labute approximate surface area is 129 Å². The lowest BCUT2D eigenvalue weighted by Crippen LogP contribution is -2.39. The van der Waals surface area contributed by atoms with Gasteiger partial charge in [0.25, 0.3) is 11.6 Å². The average Bonchev–Trinajstić information content (AvgIpc) is 2.94. The van der Waals surface area contributed by atoms with Gasteiger partial charge in [0.05, 0.1) is 4.92 Å². The minimum absolute atomic E-state index is 0. The Hall–Kier alpha value is -1.66. The molecule has 1 amide bonds. The monoisotopic (exact) mass is 313 g/mol. The number of hydrogen-bond donors (Lipinski definition) is 1. The van der Waals surface area contributed by atoms with Crippen LogP contribution in [0.25, 0.3) is 0 Å². The van der Waals surface area contributed by atoms with Crippen LogP contribution in [0.2, 0.25) is 0 Å². The number of rotatable bonds is 4. The first-order valence-corrected chi connectivity index (χ1v) is 6.86. The number of nitrogens with zero attached hydrogens (tertiary/aromatic N) is 2. The highest BCUT2D eigenvalue weighted by molar-refractivity contribution is 5.95. The summed E-state index contributed by atoms with van der Waals surface area (Å²) in [6.07, 6.45) is 2.40. The van der Waals surface area contributed by atoms with E-state index in [0.29, 0.717) is 30.6 Å². The lowest BCUT2D eigenvalue weighted by atomic mass is 10.1. The van der Waals surface area contributed by atoms with E-state index in [9.17, 15) is 14.9 Å². The molecular weight excluding hydrogens is 294 g/mol. The van der Waals surface area contributed by atoms with E-state index >= 15 is 0 Å². The van der Waals surface area contributed by atoms with Crippen molar-refractivity contribution in [2.45, 2.75) is 32.2 Å². The van der Waals surface area contributed by atoms with Gasteiger partial charge >= 0.3 is 0 Å². The SMILES string of the molecule is CCc1ccc(C(=O)N2CCCC2CN)cc1[N+](=O)[O-].Cl. The molecule has 7 heteroatoms. The fourth-order valence-corrected chi connectivity index (χ4v) is 2.68. The molecule has 1 heterocycles. The maximum absolute atomic E-state index is 12.4. The summed E-state index contributed by atoms with van der Waals surface area (Å²) in [5.74, 6) is -0.163. The number of nitro groups is 1. The maximum Gasteiger partial charge on any atom is 0.273 e. The summed E-state index contributed by atoms with van der Waals surface area (Å²) >= 11 is 0. The van der Waals surface area contributed by atoms with Crippen LogP contribution in [0.5, 0.6) is 0 Å². The van der Waals surface area contributed by atoms with Gasteiger partial charge in [0.15, 0.2) is 0 Å². The number of carbonyl (C=O) groups is 1. The Morgan fingerprint density at radius 1 is 1.52 bits per heavy atom. The number of hydrogen-bond acceptors (Lipinski definition) is 4. The Kier molecular flexibility index (Phi) is 6.11. The van der Waals surface area contributed by atoms with Crippen molar-refractivity contribution < 1.29 is 9.72 Å². The number of carbonyl (C=O) groups excluding carboxylic acids is 1. The van der Waals surface area contributed by atoms with Gasteiger partial charge < -0.3 is 10.6 Å². The second-order valence-corrected chi connectivity index (χ2v) is 4.98. The Morgan fingerprint density at radius 3 is 2.81 bits per heavy atom. The number of aryl methyl sites for hydroxylation is 1. The topological polar surface area (TPSA) is 89.5 Å². The molecule has 1 fully saturated rings. The molecule has 1 aliphatic rings. The van der Waals surface area contributed by atoms with Crippen molar-refractivity contribution >= 4 is 24.0 Å². The molecule has 1 aliphatic heterocycles. The van der Waals surface area contributed by atoms with Crippen molar-refractivity contribution in [3.05, 3.63) is 39.4 Å². The maximum atomic E-state index is 12.4. The van der Waals surface area contributed by atoms with Crippen molar-refractivity contribution in [1.82, 2.24) is 4.90 Å². The molecule has 0 radical (unpaired) electrons. The molecule has 6 nitrogen and oxygen atoms in total. The van der Waals surface area contributed by atoms with Gasteiger partial charge in [-0.05, 0) is 25.3 Å². The van der Waals surface area contributed by atoms with E-state index in [1.54, 1.807) is 17.0 Å². The summed E-state index contributed by atoms with van der Waals surface area (Å²) in [7, 11) is 0. The minimum Gasteiger partial charge on any atom is -0.334 e. The number of benzene rings is 1. The molecular formula is C14H20ClN3O3. The quantitative estimate of drug-likeness (QED) is 0.681. The van der Waals surface area contributed by atoms with Crippen LogP contribution in [0.3, 0.4) is 0 Å². The van der Waals surface area contributed by atoms with Crippen molar-refractivity contribution in [2.24, 2.45) is 5.73 Å². The predicted octanol–water partition coefficient (Wildman–Crippen LogP) is 2.14. The van der Waals surface area contributed by atoms with E-state index in [1.807, 2.05) is 6.92 Å². The first kappa shape index (κ1) is 17.4. The molecule has 0 spiro atoms. The highest BCUT2D eigenvalue weighted by Gasteiger charge is 2.29. The van der Waals surface area contributed by atoms with E-state index in [1.165, 1.54) is 6.07 Å². The van der Waals surface area contributed by atoms with E-state index in [2.05, 4.69) is 0 Å². The molecule has 2 N–H and O–H groups in total. The van der Waals surface area contributed by atoms with E-state index in [0.717, 1.165) is 12.8 Å². The van der Waals surface area contributed by atoms with Crippen LogP contribution in [0.1, 0.15) is 35.7 Å². The average molecular weight is 314 g/mol. The van der Waals surface area contributed by atoms with Gasteiger partial charge in [0.2, 0.25) is 0 Å². The first-order valence-electron chi connectivity index (χ1n) is 6.86. The highest BCUT2D eigenvalue weighted by atomic mass is 35.5. The van der Waals surface area contributed by atoms with Gasteiger partial charge in [-0.25, -0.2) is 0 Å². The van der Waals surface area contributed by atoms with Gasteiger partial charge in [0, 0.05) is 36.3 Å². The third kappa shape index (κ3) is 3.51. The summed E-state index contributed by atoms with van der Waals surface area (Å²) < 4.78 is 0. The summed E-state index contributed by atoms with van der Waals surface area (Å²) in [6.45, 7) is 2.96. The minimum atomic E-state index is -0.431. The molecule has 2 rings (SSSR count). The number of amides is 1. The van der Waals surface area contributed by atoms with Crippen LogP contribution >= 0.6 is 12.4 Å². The van der Waals surface area contributed by atoms with Crippen LogP contribution in [0.4, 0.5) is 5.69 Å².